The molecule has 0 amide bonds. The molecule has 0 N–H and O–H groups in total. The second-order valence-corrected chi connectivity index (χ2v) is 4.01. The number of hydrogen-bond donors (Lipinski definition) is 0. The Labute approximate surface area is 112 Å². The molecule has 73 valence electrons. The van der Waals surface area contributed by atoms with Gasteiger partial charge < -0.3 is 4.90 Å². The standard InChI is InChI=1S/C12H16N.Y/c1-10(2)13-8-7-11-5-3-4-6-12(11)9-13;/h3,5-6,10H,7-9H2,1-2H3;/q-1;. The monoisotopic (exact) mass is 263 g/mol. The Balaban J connectivity index is 0.000000980. The Hall–Kier alpha value is 0.284. The van der Waals surface area contributed by atoms with Crippen LogP contribution in [0.5, 0.6) is 0 Å². The molecular weight excluding hydrogens is 247 g/mol. The minimum Gasteiger partial charge on any atom is -0.308 e. The van der Waals surface area contributed by atoms with Crippen LogP contribution in [0.15, 0.2) is 18.2 Å². The molecule has 0 saturated heterocycles. The molecule has 0 fully saturated rings. The summed E-state index contributed by atoms with van der Waals surface area (Å²) in [6.45, 7) is 6.83. The van der Waals surface area contributed by atoms with E-state index in [0.29, 0.717) is 6.04 Å². The fourth-order valence-corrected chi connectivity index (χ4v) is 1.89. The minimum atomic E-state index is 0. The van der Waals surface area contributed by atoms with Crippen LogP contribution in [0.25, 0.3) is 0 Å². The molecule has 2 rings (SSSR count). The van der Waals surface area contributed by atoms with Gasteiger partial charge in [0, 0.05) is 38.8 Å². The molecule has 1 radical (unpaired) electrons. The third-order valence-corrected chi connectivity index (χ3v) is 2.82. The number of benzene rings is 1. The summed E-state index contributed by atoms with van der Waals surface area (Å²) < 4.78 is 0. The molecule has 0 spiro atoms. The zero-order chi connectivity index (χ0) is 9.26. The van der Waals surface area contributed by atoms with Crippen LogP contribution >= 0.6 is 0 Å². The molecule has 0 unspecified atom stereocenters. The quantitative estimate of drug-likeness (QED) is 0.702. The van der Waals surface area contributed by atoms with Crippen LogP contribution in [0.4, 0.5) is 0 Å². The van der Waals surface area contributed by atoms with Gasteiger partial charge in [-0.2, -0.15) is 29.8 Å². The normalized spacial score (nSPS) is 16.2. The smallest absolute Gasteiger partial charge is 0.00310 e. The molecule has 0 aromatic heterocycles. The van der Waals surface area contributed by atoms with Gasteiger partial charge in [0.1, 0.15) is 0 Å². The molecular formula is C12H16NY-. The first-order chi connectivity index (χ1) is 6.27. The number of hydrogen-bond acceptors (Lipinski definition) is 1. The number of nitrogens with zero attached hydrogens (tertiary/aromatic N) is 1. The van der Waals surface area contributed by atoms with E-state index in [1.54, 1.807) is 0 Å². The van der Waals surface area contributed by atoms with Crippen molar-refractivity contribution in [2.75, 3.05) is 6.54 Å². The van der Waals surface area contributed by atoms with Crippen molar-refractivity contribution in [2.24, 2.45) is 0 Å². The molecule has 1 aliphatic rings. The second kappa shape index (κ2) is 5.39. The van der Waals surface area contributed by atoms with Crippen molar-refractivity contribution in [1.29, 1.82) is 0 Å². The Bertz CT molecular complexity index is 296. The SMILES string of the molecule is CC(C)N1CCc2cc[c-]cc2C1.[Y]. The van der Waals surface area contributed by atoms with Gasteiger partial charge in [-0.3, -0.25) is 0 Å². The summed E-state index contributed by atoms with van der Waals surface area (Å²) in [6, 6.07) is 10.2. The van der Waals surface area contributed by atoms with Crippen molar-refractivity contribution in [2.45, 2.75) is 32.9 Å². The van der Waals surface area contributed by atoms with Crippen molar-refractivity contribution in [3.63, 3.8) is 0 Å². The fraction of sp³-hybridized carbons (Fsp3) is 0.500. The summed E-state index contributed by atoms with van der Waals surface area (Å²) in [5.41, 5.74) is 2.97. The maximum absolute atomic E-state index is 3.15. The van der Waals surface area contributed by atoms with Crippen molar-refractivity contribution < 1.29 is 32.7 Å². The van der Waals surface area contributed by atoms with Crippen LogP contribution in [0.1, 0.15) is 25.0 Å². The maximum Gasteiger partial charge on any atom is 0.00310 e. The molecule has 0 aliphatic carbocycles. The molecule has 2 heteroatoms. The number of fused-ring (bicyclic) bond motifs is 1. The zero-order valence-corrected chi connectivity index (χ0v) is 11.8. The zero-order valence-electron chi connectivity index (χ0n) is 8.96. The van der Waals surface area contributed by atoms with Gasteiger partial charge in [0.2, 0.25) is 0 Å². The van der Waals surface area contributed by atoms with Crippen LogP contribution in [-0.2, 0) is 45.7 Å². The van der Waals surface area contributed by atoms with E-state index in [1.807, 2.05) is 6.07 Å². The van der Waals surface area contributed by atoms with Gasteiger partial charge in [0.05, 0.1) is 0 Å². The second-order valence-electron chi connectivity index (χ2n) is 4.01. The molecule has 1 aromatic rings. The first kappa shape index (κ1) is 12.4. The van der Waals surface area contributed by atoms with E-state index in [0.717, 1.165) is 6.54 Å². The first-order valence-corrected chi connectivity index (χ1v) is 4.99. The Kier molecular flexibility index (Phi) is 4.76. The van der Waals surface area contributed by atoms with Crippen LogP contribution in [0, 0.1) is 6.07 Å². The van der Waals surface area contributed by atoms with Gasteiger partial charge >= 0.3 is 0 Å². The van der Waals surface area contributed by atoms with Crippen LogP contribution in [-0.4, -0.2) is 17.5 Å². The maximum atomic E-state index is 3.15. The van der Waals surface area contributed by atoms with Gasteiger partial charge in [-0.15, -0.1) is 5.56 Å². The molecule has 14 heavy (non-hydrogen) atoms. The average molecular weight is 263 g/mol. The number of rotatable bonds is 1. The minimum absolute atomic E-state index is 0. The van der Waals surface area contributed by atoms with Gasteiger partial charge in [0.25, 0.3) is 0 Å². The molecule has 1 heterocycles. The Morgan fingerprint density at radius 3 is 2.86 bits per heavy atom. The third kappa shape index (κ3) is 2.65. The van der Waals surface area contributed by atoms with E-state index in [9.17, 15) is 0 Å². The van der Waals surface area contributed by atoms with Crippen molar-refractivity contribution in [3.8, 4) is 0 Å². The van der Waals surface area contributed by atoms with Crippen LogP contribution < -0.4 is 0 Å². The Morgan fingerprint density at radius 1 is 1.36 bits per heavy atom. The van der Waals surface area contributed by atoms with E-state index in [4.69, 9.17) is 0 Å². The van der Waals surface area contributed by atoms with Crippen molar-refractivity contribution in [1.82, 2.24) is 4.90 Å². The van der Waals surface area contributed by atoms with E-state index in [1.165, 1.54) is 24.1 Å². The molecule has 1 aromatic carbocycles. The van der Waals surface area contributed by atoms with Gasteiger partial charge in [-0.1, -0.05) is 0 Å². The van der Waals surface area contributed by atoms with E-state index >= 15 is 0 Å². The fourth-order valence-electron chi connectivity index (χ4n) is 1.89. The predicted molar refractivity (Wildman–Crippen MR) is 54.5 cm³/mol. The van der Waals surface area contributed by atoms with Gasteiger partial charge in [-0.05, 0) is 33.4 Å². The summed E-state index contributed by atoms with van der Waals surface area (Å²) in [7, 11) is 0. The van der Waals surface area contributed by atoms with Crippen molar-refractivity contribution >= 4 is 0 Å². The topological polar surface area (TPSA) is 3.24 Å². The van der Waals surface area contributed by atoms with E-state index in [2.05, 4.69) is 36.9 Å². The Morgan fingerprint density at radius 2 is 2.14 bits per heavy atom. The summed E-state index contributed by atoms with van der Waals surface area (Å²) in [5, 5.41) is 0. The molecule has 0 saturated carbocycles. The van der Waals surface area contributed by atoms with Crippen LogP contribution in [0.2, 0.25) is 0 Å². The summed E-state index contributed by atoms with van der Waals surface area (Å²) in [6.07, 6.45) is 1.20. The van der Waals surface area contributed by atoms with Gasteiger partial charge in [0.15, 0.2) is 0 Å². The largest absolute Gasteiger partial charge is 0.308 e. The predicted octanol–water partition coefficient (Wildman–Crippen LogP) is 2.25. The third-order valence-electron chi connectivity index (χ3n) is 2.82. The van der Waals surface area contributed by atoms with E-state index in [-0.39, 0.29) is 32.7 Å². The molecule has 1 nitrogen and oxygen atoms in total. The average Bonchev–Trinajstić information content (AvgIpc) is 2.17. The molecule has 0 bridgehead atoms. The summed E-state index contributed by atoms with van der Waals surface area (Å²) >= 11 is 0. The molecule has 1 aliphatic heterocycles. The summed E-state index contributed by atoms with van der Waals surface area (Å²) in [5.74, 6) is 0. The molecule has 0 atom stereocenters. The summed E-state index contributed by atoms with van der Waals surface area (Å²) in [4.78, 5) is 2.51. The van der Waals surface area contributed by atoms with Crippen LogP contribution in [0.3, 0.4) is 0 Å². The van der Waals surface area contributed by atoms with Gasteiger partial charge in [-0.25, -0.2) is 0 Å². The van der Waals surface area contributed by atoms with E-state index < -0.39 is 0 Å². The first-order valence-electron chi connectivity index (χ1n) is 4.99. The van der Waals surface area contributed by atoms with Crippen molar-refractivity contribution in [3.05, 3.63) is 35.4 Å².